The fraction of sp³-hybridized carbons (Fsp3) is 0.417. The number of benzene rings is 2. The Hall–Kier alpha value is -2.62. The van der Waals surface area contributed by atoms with Crippen LogP contribution in [0.25, 0.3) is 0 Å². The van der Waals surface area contributed by atoms with Gasteiger partial charge in [0, 0.05) is 5.69 Å². The first-order valence-corrected chi connectivity index (χ1v) is 10.2. The Morgan fingerprint density at radius 2 is 1.64 bits per heavy atom. The van der Waals surface area contributed by atoms with Crippen molar-refractivity contribution in [3.05, 3.63) is 64.7 Å². The summed E-state index contributed by atoms with van der Waals surface area (Å²) in [5, 5.41) is 3.20. The van der Waals surface area contributed by atoms with Crippen molar-refractivity contribution in [3.8, 4) is 0 Å². The molecule has 1 unspecified atom stereocenters. The van der Waals surface area contributed by atoms with Gasteiger partial charge in [-0.15, -0.1) is 0 Å². The number of hydrogen-bond donors (Lipinski definition) is 1. The number of nitrogens with zero attached hydrogens (tertiary/aromatic N) is 1. The SMILES string of the molecule is Cc1cc(C)c(NC(=O)C2(N3C(=O)CC3c3ccccc3)CCCC2)c(C)c1. The van der Waals surface area contributed by atoms with Crippen molar-refractivity contribution in [3.63, 3.8) is 0 Å². The van der Waals surface area contributed by atoms with Gasteiger partial charge in [-0.05, 0) is 50.3 Å². The molecule has 1 saturated heterocycles. The van der Waals surface area contributed by atoms with Crippen LogP contribution in [0.1, 0.15) is 60.4 Å². The average molecular weight is 377 g/mol. The molecule has 1 atom stereocenters. The minimum absolute atomic E-state index is 0.00207. The lowest BCUT2D eigenvalue weighted by atomic mass is 9.83. The summed E-state index contributed by atoms with van der Waals surface area (Å²) in [6.07, 6.45) is 3.91. The Morgan fingerprint density at radius 3 is 2.21 bits per heavy atom. The van der Waals surface area contributed by atoms with E-state index in [1.807, 2.05) is 36.9 Å². The lowest BCUT2D eigenvalue weighted by Gasteiger charge is -2.51. The number of β-lactam (4-membered cyclic amide) rings is 1. The first kappa shape index (κ1) is 18.7. The van der Waals surface area contributed by atoms with Crippen LogP contribution in [-0.2, 0) is 9.59 Å². The van der Waals surface area contributed by atoms with Crippen molar-refractivity contribution in [2.45, 2.75) is 64.5 Å². The molecule has 0 bridgehead atoms. The van der Waals surface area contributed by atoms with Crippen LogP contribution in [0.4, 0.5) is 5.69 Å². The highest BCUT2D eigenvalue weighted by atomic mass is 16.2. The molecule has 1 heterocycles. The first-order chi connectivity index (χ1) is 13.4. The van der Waals surface area contributed by atoms with Crippen molar-refractivity contribution in [2.75, 3.05) is 5.32 Å². The van der Waals surface area contributed by atoms with Gasteiger partial charge in [0.1, 0.15) is 5.54 Å². The second-order valence-corrected chi connectivity index (χ2v) is 8.36. The van der Waals surface area contributed by atoms with Crippen LogP contribution < -0.4 is 5.32 Å². The summed E-state index contributed by atoms with van der Waals surface area (Å²) in [5.41, 5.74) is 4.57. The highest BCUT2D eigenvalue weighted by Crippen LogP contribution is 2.47. The van der Waals surface area contributed by atoms with E-state index in [1.54, 1.807) is 0 Å². The summed E-state index contributed by atoms with van der Waals surface area (Å²) in [5.74, 6) is 0.0530. The number of carbonyl (C=O) groups excluding carboxylic acids is 2. The van der Waals surface area contributed by atoms with Crippen LogP contribution in [0.5, 0.6) is 0 Å². The molecule has 1 aliphatic carbocycles. The molecule has 1 aliphatic heterocycles. The average Bonchev–Trinajstić information content (AvgIpc) is 3.13. The van der Waals surface area contributed by atoms with Crippen LogP contribution in [0, 0.1) is 20.8 Å². The third-order valence-corrected chi connectivity index (χ3v) is 6.36. The second-order valence-electron chi connectivity index (χ2n) is 8.36. The maximum atomic E-state index is 13.6. The summed E-state index contributed by atoms with van der Waals surface area (Å²) >= 11 is 0. The topological polar surface area (TPSA) is 49.4 Å². The minimum atomic E-state index is -0.737. The van der Waals surface area contributed by atoms with E-state index < -0.39 is 5.54 Å². The number of carbonyl (C=O) groups is 2. The van der Waals surface area contributed by atoms with E-state index in [2.05, 4.69) is 36.5 Å². The van der Waals surface area contributed by atoms with Gasteiger partial charge in [-0.2, -0.15) is 0 Å². The van der Waals surface area contributed by atoms with Gasteiger partial charge in [-0.1, -0.05) is 60.9 Å². The van der Waals surface area contributed by atoms with Crippen molar-refractivity contribution in [1.82, 2.24) is 4.90 Å². The number of hydrogen-bond acceptors (Lipinski definition) is 2. The molecule has 4 heteroatoms. The fourth-order valence-electron chi connectivity index (χ4n) is 5.04. The van der Waals surface area contributed by atoms with Gasteiger partial charge in [-0.25, -0.2) is 0 Å². The summed E-state index contributed by atoms with van der Waals surface area (Å²) in [6.45, 7) is 6.12. The van der Waals surface area contributed by atoms with Crippen molar-refractivity contribution >= 4 is 17.5 Å². The Morgan fingerprint density at radius 1 is 1.04 bits per heavy atom. The van der Waals surface area contributed by atoms with Gasteiger partial charge in [0.25, 0.3) is 0 Å². The zero-order valence-electron chi connectivity index (χ0n) is 16.9. The number of amides is 2. The van der Waals surface area contributed by atoms with Gasteiger partial charge in [0.05, 0.1) is 12.5 Å². The quantitative estimate of drug-likeness (QED) is 0.777. The van der Waals surface area contributed by atoms with E-state index in [0.29, 0.717) is 6.42 Å². The molecule has 146 valence electrons. The van der Waals surface area contributed by atoms with Gasteiger partial charge in [0.15, 0.2) is 0 Å². The van der Waals surface area contributed by atoms with E-state index in [0.717, 1.165) is 48.1 Å². The number of likely N-dealkylation sites (tertiary alicyclic amines) is 1. The molecule has 2 aromatic carbocycles. The third-order valence-electron chi connectivity index (χ3n) is 6.36. The summed E-state index contributed by atoms with van der Waals surface area (Å²) in [4.78, 5) is 28.1. The number of rotatable bonds is 4. The van der Waals surface area contributed by atoms with Crippen molar-refractivity contribution in [2.24, 2.45) is 0 Å². The minimum Gasteiger partial charge on any atom is -0.324 e. The molecule has 2 fully saturated rings. The molecule has 4 rings (SSSR count). The summed E-state index contributed by atoms with van der Waals surface area (Å²) < 4.78 is 0. The zero-order valence-corrected chi connectivity index (χ0v) is 16.9. The van der Waals surface area contributed by atoms with Gasteiger partial charge in [-0.3, -0.25) is 9.59 Å². The molecular formula is C24H28N2O2. The van der Waals surface area contributed by atoms with Crippen molar-refractivity contribution in [1.29, 1.82) is 0 Å². The van der Waals surface area contributed by atoms with E-state index in [4.69, 9.17) is 0 Å². The molecule has 1 N–H and O–H groups in total. The standard InChI is InChI=1S/C24H28N2O2/c1-16-13-17(2)22(18(3)14-16)25-23(28)24(11-7-8-12-24)26-20(15-21(26)27)19-9-5-4-6-10-19/h4-6,9-10,13-14,20H,7-8,11-12,15H2,1-3H3,(H,25,28). The third kappa shape index (κ3) is 3.01. The monoisotopic (exact) mass is 376 g/mol. The zero-order chi connectivity index (χ0) is 19.9. The molecule has 4 nitrogen and oxygen atoms in total. The van der Waals surface area contributed by atoms with Crippen LogP contribution in [0.3, 0.4) is 0 Å². The first-order valence-electron chi connectivity index (χ1n) is 10.2. The molecule has 0 aromatic heterocycles. The maximum absolute atomic E-state index is 13.6. The molecule has 2 aromatic rings. The molecule has 2 amide bonds. The molecule has 1 saturated carbocycles. The Kier molecular flexibility index (Phi) is 4.74. The van der Waals surface area contributed by atoms with Gasteiger partial charge >= 0.3 is 0 Å². The Labute approximate surface area is 166 Å². The number of aryl methyl sites for hydroxylation is 3. The lowest BCUT2D eigenvalue weighted by molar-refractivity contribution is -0.163. The lowest BCUT2D eigenvalue weighted by Crippen LogP contribution is -2.64. The summed E-state index contributed by atoms with van der Waals surface area (Å²) in [7, 11) is 0. The van der Waals surface area contributed by atoms with Gasteiger partial charge in [0.2, 0.25) is 11.8 Å². The number of nitrogens with one attached hydrogen (secondary N) is 1. The highest BCUT2D eigenvalue weighted by molar-refractivity contribution is 6.03. The van der Waals surface area contributed by atoms with E-state index >= 15 is 0 Å². The van der Waals surface area contributed by atoms with Crippen molar-refractivity contribution < 1.29 is 9.59 Å². The Balaban J connectivity index is 1.66. The molecule has 0 radical (unpaired) electrons. The van der Waals surface area contributed by atoms with E-state index in [1.165, 1.54) is 5.56 Å². The fourth-order valence-corrected chi connectivity index (χ4v) is 5.04. The van der Waals surface area contributed by atoms with Crippen LogP contribution >= 0.6 is 0 Å². The van der Waals surface area contributed by atoms with E-state index in [-0.39, 0.29) is 17.9 Å². The van der Waals surface area contributed by atoms with E-state index in [9.17, 15) is 9.59 Å². The molecular weight excluding hydrogens is 348 g/mol. The predicted molar refractivity (Wildman–Crippen MR) is 111 cm³/mol. The predicted octanol–water partition coefficient (Wildman–Crippen LogP) is 4.84. The van der Waals surface area contributed by atoms with Gasteiger partial charge < -0.3 is 10.2 Å². The number of anilines is 1. The highest BCUT2D eigenvalue weighted by Gasteiger charge is 2.55. The second kappa shape index (κ2) is 7.08. The molecule has 2 aliphatic rings. The van der Waals surface area contributed by atoms with Crippen LogP contribution in [-0.4, -0.2) is 22.3 Å². The normalized spacial score (nSPS) is 20.8. The van der Waals surface area contributed by atoms with Crippen LogP contribution in [0.15, 0.2) is 42.5 Å². The van der Waals surface area contributed by atoms with Crippen LogP contribution in [0.2, 0.25) is 0 Å². The largest absolute Gasteiger partial charge is 0.324 e. The smallest absolute Gasteiger partial charge is 0.250 e. The molecule has 28 heavy (non-hydrogen) atoms. The Bertz CT molecular complexity index is 890. The molecule has 0 spiro atoms. The summed E-state index contributed by atoms with van der Waals surface area (Å²) in [6, 6.07) is 14.3. The maximum Gasteiger partial charge on any atom is 0.250 e.